The van der Waals surface area contributed by atoms with Crippen LogP contribution in [-0.2, 0) is 10.0 Å². The molecular weight excluding hydrogens is 319 g/mol. The van der Waals surface area contributed by atoms with Crippen LogP contribution in [0.1, 0.15) is 13.8 Å². The molecule has 0 aromatic heterocycles. The van der Waals surface area contributed by atoms with Gasteiger partial charge in [-0.3, -0.25) is 0 Å². The lowest BCUT2D eigenvalue weighted by atomic mass is 10.1. The van der Waals surface area contributed by atoms with Crippen LogP contribution >= 0.6 is 35.6 Å². The van der Waals surface area contributed by atoms with E-state index in [1.807, 2.05) is 0 Å². The van der Waals surface area contributed by atoms with Crippen molar-refractivity contribution in [1.29, 1.82) is 0 Å². The minimum absolute atomic E-state index is 0. The molecule has 0 saturated carbocycles. The summed E-state index contributed by atoms with van der Waals surface area (Å²) in [6, 6.07) is 4.52. The Balaban J connectivity index is 0.00000289. The van der Waals surface area contributed by atoms with Crippen LogP contribution in [0.25, 0.3) is 0 Å². The van der Waals surface area contributed by atoms with Crippen LogP contribution in [0.15, 0.2) is 23.1 Å². The van der Waals surface area contributed by atoms with E-state index in [4.69, 9.17) is 28.9 Å². The molecule has 104 valence electrons. The van der Waals surface area contributed by atoms with Crippen molar-refractivity contribution in [2.45, 2.75) is 24.3 Å². The molecule has 0 bridgehead atoms. The Bertz CT molecular complexity index is 498. The molecule has 0 aliphatic rings. The SMILES string of the molecule is CC(C)(CN)NS(=O)(=O)c1c(Cl)cccc1Cl.Cl. The van der Waals surface area contributed by atoms with Crippen molar-refractivity contribution >= 4 is 45.6 Å². The predicted octanol–water partition coefficient (Wildman–Crippen LogP) is 2.43. The van der Waals surface area contributed by atoms with Gasteiger partial charge in [0.05, 0.1) is 10.0 Å². The van der Waals surface area contributed by atoms with E-state index in [1.165, 1.54) is 12.1 Å². The molecule has 3 N–H and O–H groups in total. The van der Waals surface area contributed by atoms with E-state index in [9.17, 15) is 8.42 Å². The van der Waals surface area contributed by atoms with Crippen LogP contribution in [0.3, 0.4) is 0 Å². The first-order valence-corrected chi connectivity index (χ1v) is 7.11. The van der Waals surface area contributed by atoms with Crippen molar-refractivity contribution < 1.29 is 8.42 Å². The summed E-state index contributed by atoms with van der Waals surface area (Å²) in [6.45, 7) is 3.51. The van der Waals surface area contributed by atoms with E-state index in [1.54, 1.807) is 19.9 Å². The van der Waals surface area contributed by atoms with Gasteiger partial charge in [-0.2, -0.15) is 0 Å². The van der Waals surface area contributed by atoms with Crippen molar-refractivity contribution in [3.63, 3.8) is 0 Å². The van der Waals surface area contributed by atoms with E-state index >= 15 is 0 Å². The molecule has 8 heteroatoms. The summed E-state index contributed by atoms with van der Waals surface area (Å²) in [5, 5.41) is 0.163. The smallest absolute Gasteiger partial charge is 0.244 e. The number of nitrogens with one attached hydrogen (secondary N) is 1. The van der Waals surface area contributed by atoms with Gasteiger partial charge in [-0.15, -0.1) is 12.4 Å². The van der Waals surface area contributed by atoms with Gasteiger partial charge in [-0.1, -0.05) is 29.3 Å². The molecule has 0 fully saturated rings. The Kier molecular flexibility index (Phi) is 6.40. The van der Waals surface area contributed by atoms with Crippen molar-refractivity contribution in [2.75, 3.05) is 6.54 Å². The summed E-state index contributed by atoms with van der Waals surface area (Å²) in [4.78, 5) is -0.121. The molecule has 0 spiro atoms. The van der Waals surface area contributed by atoms with Gasteiger partial charge < -0.3 is 5.73 Å². The zero-order chi connectivity index (χ0) is 13.3. The highest BCUT2D eigenvalue weighted by Gasteiger charge is 2.28. The average Bonchev–Trinajstić information content (AvgIpc) is 2.15. The standard InChI is InChI=1S/C10H14Cl2N2O2S.ClH/c1-10(2,6-13)14-17(15,16)9-7(11)4-3-5-8(9)12;/h3-5,14H,6,13H2,1-2H3;1H. The summed E-state index contributed by atoms with van der Waals surface area (Å²) < 4.78 is 26.7. The quantitative estimate of drug-likeness (QED) is 0.889. The molecule has 1 rings (SSSR count). The molecule has 0 aliphatic heterocycles. The van der Waals surface area contributed by atoms with E-state index in [2.05, 4.69) is 4.72 Å². The third kappa shape index (κ3) is 4.26. The Morgan fingerprint density at radius 3 is 2.11 bits per heavy atom. The lowest BCUT2D eigenvalue weighted by molar-refractivity contribution is 0.462. The molecule has 0 saturated heterocycles. The van der Waals surface area contributed by atoms with Gasteiger partial charge in [0.25, 0.3) is 0 Å². The molecule has 0 radical (unpaired) electrons. The van der Waals surface area contributed by atoms with Gasteiger partial charge in [0.2, 0.25) is 10.0 Å². The van der Waals surface area contributed by atoms with E-state index in [-0.39, 0.29) is 33.9 Å². The average molecular weight is 334 g/mol. The first-order valence-electron chi connectivity index (χ1n) is 4.88. The van der Waals surface area contributed by atoms with Crippen molar-refractivity contribution in [1.82, 2.24) is 4.72 Å². The van der Waals surface area contributed by atoms with Gasteiger partial charge in [0.15, 0.2) is 0 Å². The normalized spacial score (nSPS) is 12.1. The molecule has 0 unspecified atom stereocenters. The zero-order valence-corrected chi connectivity index (χ0v) is 13.1. The number of hydrogen-bond acceptors (Lipinski definition) is 3. The summed E-state index contributed by atoms with van der Waals surface area (Å²) in [5.41, 5.74) is 4.71. The monoisotopic (exact) mass is 332 g/mol. The molecule has 1 aromatic carbocycles. The molecule has 0 amide bonds. The van der Waals surface area contributed by atoms with Crippen molar-refractivity contribution in [3.05, 3.63) is 28.2 Å². The van der Waals surface area contributed by atoms with Gasteiger partial charge in [-0.25, -0.2) is 13.1 Å². The van der Waals surface area contributed by atoms with E-state index in [0.29, 0.717) is 0 Å². The second-order valence-electron chi connectivity index (χ2n) is 4.24. The lowest BCUT2D eigenvalue weighted by Gasteiger charge is -2.24. The minimum Gasteiger partial charge on any atom is -0.329 e. The fourth-order valence-electron chi connectivity index (χ4n) is 1.20. The number of nitrogens with two attached hydrogens (primary N) is 1. The summed E-state index contributed by atoms with van der Waals surface area (Å²) in [6.07, 6.45) is 0. The molecule has 18 heavy (non-hydrogen) atoms. The predicted molar refractivity (Wildman–Crippen MR) is 77.2 cm³/mol. The van der Waals surface area contributed by atoms with Crippen LogP contribution in [0.5, 0.6) is 0 Å². The Morgan fingerprint density at radius 2 is 1.72 bits per heavy atom. The van der Waals surface area contributed by atoms with Crippen molar-refractivity contribution in [2.24, 2.45) is 5.73 Å². The first-order chi connectivity index (χ1) is 7.69. The first kappa shape index (κ1) is 18.0. The second kappa shape index (κ2) is 6.41. The highest BCUT2D eigenvalue weighted by atomic mass is 35.5. The molecular formula is C10H15Cl3N2O2S. The van der Waals surface area contributed by atoms with Crippen LogP contribution in [0.2, 0.25) is 10.0 Å². The number of hydrogen-bond donors (Lipinski definition) is 2. The van der Waals surface area contributed by atoms with Crippen LogP contribution in [0, 0.1) is 0 Å². The van der Waals surface area contributed by atoms with Crippen LogP contribution in [0.4, 0.5) is 0 Å². The topological polar surface area (TPSA) is 72.2 Å². The van der Waals surface area contributed by atoms with Gasteiger partial charge >= 0.3 is 0 Å². The van der Waals surface area contributed by atoms with Gasteiger partial charge in [-0.05, 0) is 26.0 Å². The highest BCUT2D eigenvalue weighted by Crippen LogP contribution is 2.29. The Labute approximate surface area is 123 Å². The fourth-order valence-corrected chi connectivity index (χ4v) is 3.76. The molecule has 0 heterocycles. The van der Waals surface area contributed by atoms with Crippen LogP contribution < -0.4 is 10.5 Å². The van der Waals surface area contributed by atoms with Gasteiger partial charge in [0, 0.05) is 12.1 Å². The molecule has 0 atom stereocenters. The minimum atomic E-state index is -3.79. The maximum atomic E-state index is 12.1. The summed E-state index contributed by atoms with van der Waals surface area (Å²) >= 11 is 11.7. The number of halogens is 3. The van der Waals surface area contributed by atoms with E-state index in [0.717, 1.165) is 0 Å². The number of rotatable bonds is 4. The molecule has 0 aliphatic carbocycles. The van der Waals surface area contributed by atoms with Gasteiger partial charge in [0.1, 0.15) is 4.90 Å². The third-order valence-electron chi connectivity index (χ3n) is 2.11. The molecule has 1 aromatic rings. The maximum absolute atomic E-state index is 12.1. The summed E-state index contributed by atoms with van der Waals surface area (Å²) in [7, 11) is -3.79. The van der Waals surface area contributed by atoms with Crippen molar-refractivity contribution in [3.8, 4) is 0 Å². The Hall–Kier alpha value is -0.0400. The fraction of sp³-hybridized carbons (Fsp3) is 0.400. The third-order valence-corrected chi connectivity index (χ3v) is 4.76. The van der Waals surface area contributed by atoms with Crippen LogP contribution in [-0.4, -0.2) is 20.5 Å². The zero-order valence-electron chi connectivity index (χ0n) is 9.91. The second-order valence-corrected chi connectivity index (χ2v) is 6.68. The highest BCUT2D eigenvalue weighted by molar-refractivity contribution is 7.89. The van der Waals surface area contributed by atoms with E-state index < -0.39 is 15.6 Å². The molecule has 4 nitrogen and oxygen atoms in total. The Morgan fingerprint density at radius 1 is 1.28 bits per heavy atom. The number of sulfonamides is 1. The largest absolute Gasteiger partial charge is 0.329 e. The lowest BCUT2D eigenvalue weighted by Crippen LogP contribution is -2.48. The summed E-state index contributed by atoms with van der Waals surface area (Å²) in [5.74, 6) is 0. The number of benzene rings is 1. The maximum Gasteiger partial charge on any atom is 0.244 e.